The minimum Gasteiger partial charge on any atom is -0.462 e. The molecular weight excluding hydrogens is 265 g/mol. The molecular formula is C12H21F3O2S. The summed E-state index contributed by atoms with van der Waals surface area (Å²) in [6.07, 6.45) is -3.60. The zero-order valence-electron chi connectivity index (χ0n) is 11.0. The maximum atomic E-state index is 12.0. The van der Waals surface area contributed by atoms with Gasteiger partial charge in [-0.1, -0.05) is 13.3 Å². The van der Waals surface area contributed by atoms with Crippen LogP contribution < -0.4 is 0 Å². The number of carbonyl (C=O) groups is 1. The van der Waals surface area contributed by atoms with E-state index in [4.69, 9.17) is 4.74 Å². The third-order valence-corrected chi connectivity index (χ3v) is 3.44. The zero-order chi connectivity index (χ0) is 14.2. The maximum Gasteiger partial charge on any atom is 0.389 e. The van der Waals surface area contributed by atoms with Crippen molar-refractivity contribution in [2.75, 3.05) is 5.75 Å². The summed E-state index contributed by atoms with van der Waals surface area (Å²) in [5, 5.41) is -0.342. The van der Waals surface area contributed by atoms with E-state index in [-0.39, 0.29) is 23.7 Å². The van der Waals surface area contributed by atoms with Crippen LogP contribution in [0, 0.1) is 0 Å². The molecule has 0 spiro atoms. The Bertz CT molecular complexity index is 242. The monoisotopic (exact) mass is 286 g/mol. The van der Waals surface area contributed by atoms with Gasteiger partial charge in [0.2, 0.25) is 0 Å². The van der Waals surface area contributed by atoms with Gasteiger partial charge in [-0.3, -0.25) is 4.79 Å². The summed E-state index contributed by atoms with van der Waals surface area (Å²) >= 11 is 1.26. The minimum absolute atomic E-state index is 0.0450. The van der Waals surface area contributed by atoms with Crippen molar-refractivity contribution in [1.82, 2.24) is 0 Å². The lowest BCUT2D eigenvalue weighted by Crippen LogP contribution is -2.24. The summed E-state index contributed by atoms with van der Waals surface area (Å²) in [7, 11) is 0. The number of ether oxygens (including phenoxy) is 1. The normalized spacial score (nSPS) is 13.7. The van der Waals surface area contributed by atoms with Crippen LogP contribution in [0.3, 0.4) is 0 Å². The first-order chi connectivity index (χ1) is 8.26. The van der Waals surface area contributed by atoms with E-state index in [2.05, 4.69) is 0 Å². The summed E-state index contributed by atoms with van der Waals surface area (Å²) in [5.41, 5.74) is 0. The largest absolute Gasteiger partial charge is 0.462 e. The molecule has 0 aromatic heterocycles. The maximum absolute atomic E-state index is 12.0. The van der Waals surface area contributed by atoms with Gasteiger partial charge in [-0.2, -0.15) is 13.2 Å². The Morgan fingerprint density at radius 1 is 1.33 bits per heavy atom. The van der Waals surface area contributed by atoms with Crippen LogP contribution in [-0.4, -0.2) is 29.3 Å². The Hall–Kier alpha value is -0.390. The molecule has 0 saturated heterocycles. The fourth-order valence-electron chi connectivity index (χ4n) is 1.34. The molecule has 0 bridgehead atoms. The van der Waals surface area contributed by atoms with Crippen molar-refractivity contribution in [3.8, 4) is 0 Å². The van der Waals surface area contributed by atoms with Crippen LogP contribution in [0.15, 0.2) is 0 Å². The van der Waals surface area contributed by atoms with Crippen LogP contribution in [0.1, 0.15) is 46.5 Å². The van der Waals surface area contributed by atoms with E-state index < -0.39 is 12.6 Å². The lowest BCUT2D eigenvalue weighted by Gasteiger charge is -2.17. The summed E-state index contributed by atoms with van der Waals surface area (Å²) in [6, 6.07) is 0. The second-order valence-electron chi connectivity index (χ2n) is 4.35. The zero-order valence-corrected chi connectivity index (χ0v) is 11.9. The Morgan fingerprint density at radius 3 is 2.39 bits per heavy atom. The lowest BCUT2D eigenvalue weighted by molar-refractivity contribution is -0.146. The van der Waals surface area contributed by atoms with Crippen LogP contribution in [0.5, 0.6) is 0 Å². The van der Waals surface area contributed by atoms with E-state index in [0.29, 0.717) is 12.2 Å². The number of thioether (sulfide) groups is 1. The van der Waals surface area contributed by atoms with Crippen molar-refractivity contribution in [1.29, 1.82) is 0 Å². The van der Waals surface area contributed by atoms with Gasteiger partial charge in [-0.15, -0.1) is 11.8 Å². The van der Waals surface area contributed by atoms with Crippen LogP contribution in [0.25, 0.3) is 0 Å². The predicted octanol–water partition coefficient (Wildman–Crippen LogP) is 4.18. The number of hydrogen-bond acceptors (Lipinski definition) is 3. The average molecular weight is 286 g/mol. The standard InChI is InChI=1S/C12H21F3O2S/c1-4-6-10(11(16)17-9(2)3)18-8-5-7-12(13,14)15/h9-10H,4-8H2,1-3H3. The Morgan fingerprint density at radius 2 is 1.94 bits per heavy atom. The summed E-state index contributed by atoms with van der Waals surface area (Å²) in [4.78, 5) is 11.7. The van der Waals surface area contributed by atoms with E-state index in [1.807, 2.05) is 6.92 Å². The topological polar surface area (TPSA) is 26.3 Å². The summed E-state index contributed by atoms with van der Waals surface area (Å²) in [6.45, 7) is 5.45. The highest BCUT2D eigenvalue weighted by Crippen LogP contribution is 2.25. The predicted molar refractivity (Wildman–Crippen MR) is 67.7 cm³/mol. The smallest absolute Gasteiger partial charge is 0.389 e. The van der Waals surface area contributed by atoms with Crippen molar-refractivity contribution in [2.24, 2.45) is 0 Å². The molecule has 0 N–H and O–H groups in total. The third-order valence-electron chi connectivity index (χ3n) is 2.09. The summed E-state index contributed by atoms with van der Waals surface area (Å²) < 4.78 is 41.0. The quantitative estimate of drug-likeness (QED) is 0.494. The highest BCUT2D eigenvalue weighted by molar-refractivity contribution is 8.00. The molecule has 0 amide bonds. The minimum atomic E-state index is -4.11. The van der Waals surface area contributed by atoms with Crippen molar-refractivity contribution >= 4 is 17.7 Å². The van der Waals surface area contributed by atoms with Gasteiger partial charge in [0.1, 0.15) is 5.25 Å². The van der Waals surface area contributed by atoms with Gasteiger partial charge >= 0.3 is 12.1 Å². The molecule has 0 saturated carbocycles. The molecule has 0 radical (unpaired) electrons. The number of halogens is 3. The molecule has 0 aromatic rings. The van der Waals surface area contributed by atoms with Gasteiger partial charge in [-0.25, -0.2) is 0 Å². The molecule has 0 rings (SSSR count). The number of esters is 1. The fraction of sp³-hybridized carbons (Fsp3) is 0.917. The molecule has 0 aliphatic carbocycles. The Labute approximate surface area is 111 Å². The van der Waals surface area contributed by atoms with E-state index >= 15 is 0 Å². The summed E-state index contributed by atoms with van der Waals surface area (Å²) in [5.74, 6) is 0.0149. The van der Waals surface area contributed by atoms with Crippen LogP contribution in [-0.2, 0) is 9.53 Å². The lowest BCUT2D eigenvalue weighted by atomic mass is 10.2. The average Bonchev–Trinajstić information content (AvgIpc) is 2.20. The second kappa shape index (κ2) is 8.67. The molecule has 6 heteroatoms. The van der Waals surface area contributed by atoms with Crippen molar-refractivity contribution in [2.45, 2.75) is 64.0 Å². The van der Waals surface area contributed by atoms with Gasteiger partial charge in [-0.05, 0) is 32.4 Å². The van der Waals surface area contributed by atoms with Gasteiger partial charge in [0.05, 0.1) is 6.10 Å². The molecule has 0 aliphatic heterocycles. The highest BCUT2D eigenvalue weighted by atomic mass is 32.2. The third kappa shape index (κ3) is 9.62. The molecule has 1 atom stereocenters. The molecule has 0 fully saturated rings. The molecule has 0 aliphatic rings. The van der Waals surface area contributed by atoms with E-state index in [1.165, 1.54) is 11.8 Å². The number of carbonyl (C=O) groups excluding carboxylic acids is 1. The van der Waals surface area contributed by atoms with Gasteiger partial charge in [0.15, 0.2) is 0 Å². The van der Waals surface area contributed by atoms with Crippen LogP contribution in [0.2, 0.25) is 0 Å². The first-order valence-electron chi connectivity index (χ1n) is 6.15. The van der Waals surface area contributed by atoms with Gasteiger partial charge < -0.3 is 4.74 Å². The first-order valence-corrected chi connectivity index (χ1v) is 7.20. The van der Waals surface area contributed by atoms with Crippen LogP contribution in [0.4, 0.5) is 13.2 Å². The van der Waals surface area contributed by atoms with E-state index in [1.54, 1.807) is 13.8 Å². The van der Waals surface area contributed by atoms with Crippen LogP contribution >= 0.6 is 11.8 Å². The van der Waals surface area contributed by atoms with Crippen molar-refractivity contribution in [3.05, 3.63) is 0 Å². The molecule has 0 aromatic carbocycles. The number of alkyl halides is 3. The molecule has 2 nitrogen and oxygen atoms in total. The Kier molecular flexibility index (Phi) is 8.48. The highest BCUT2D eigenvalue weighted by Gasteiger charge is 2.27. The Balaban J connectivity index is 4.00. The fourth-order valence-corrected chi connectivity index (χ4v) is 2.53. The SMILES string of the molecule is CCCC(SCCCC(F)(F)F)C(=O)OC(C)C. The molecule has 108 valence electrons. The van der Waals surface area contributed by atoms with Gasteiger partial charge in [0.25, 0.3) is 0 Å². The second-order valence-corrected chi connectivity index (χ2v) is 5.66. The van der Waals surface area contributed by atoms with E-state index in [0.717, 1.165) is 6.42 Å². The molecule has 1 unspecified atom stereocenters. The molecule has 0 heterocycles. The number of hydrogen-bond donors (Lipinski definition) is 0. The van der Waals surface area contributed by atoms with Crippen molar-refractivity contribution in [3.63, 3.8) is 0 Å². The molecule has 18 heavy (non-hydrogen) atoms. The van der Waals surface area contributed by atoms with Crippen molar-refractivity contribution < 1.29 is 22.7 Å². The first kappa shape index (κ1) is 17.6. The number of rotatable bonds is 8. The van der Waals surface area contributed by atoms with E-state index in [9.17, 15) is 18.0 Å². The van der Waals surface area contributed by atoms with Gasteiger partial charge in [0, 0.05) is 6.42 Å².